The molecular formula is C14H19N. The van der Waals surface area contributed by atoms with Gasteiger partial charge in [-0.2, -0.15) is 0 Å². The molecule has 0 heterocycles. The smallest absolute Gasteiger partial charge is 0.0179 e. The molecule has 4 rings (SSSR count). The summed E-state index contributed by atoms with van der Waals surface area (Å²) in [4.78, 5) is 0. The maximum Gasteiger partial charge on any atom is 0.0179 e. The van der Waals surface area contributed by atoms with Crippen LogP contribution in [0.15, 0.2) is 24.3 Å². The van der Waals surface area contributed by atoms with E-state index in [4.69, 9.17) is 5.73 Å². The van der Waals surface area contributed by atoms with E-state index in [1.54, 1.807) is 5.56 Å². The molecule has 0 aliphatic heterocycles. The fourth-order valence-corrected chi connectivity index (χ4v) is 3.64. The van der Waals surface area contributed by atoms with Crippen LogP contribution in [-0.2, 0) is 5.41 Å². The molecule has 0 aromatic heterocycles. The Hall–Kier alpha value is -0.820. The summed E-state index contributed by atoms with van der Waals surface area (Å²) in [6.45, 7) is 4.56. The largest absolute Gasteiger partial charge is 0.325 e. The molecule has 0 spiro atoms. The molecule has 2 bridgehead atoms. The van der Waals surface area contributed by atoms with Crippen molar-refractivity contribution < 1.29 is 0 Å². The third kappa shape index (κ3) is 1.13. The van der Waals surface area contributed by atoms with Crippen LogP contribution in [0.5, 0.6) is 0 Å². The van der Waals surface area contributed by atoms with Crippen molar-refractivity contribution in [1.29, 1.82) is 0 Å². The molecule has 0 saturated heterocycles. The summed E-state index contributed by atoms with van der Waals surface area (Å²) in [5, 5.41) is 0. The minimum Gasteiger partial charge on any atom is -0.325 e. The fourth-order valence-electron chi connectivity index (χ4n) is 3.64. The molecule has 0 amide bonds. The number of rotatable bonds is 2. The highest BCUT2D eigenvalue weighted by Crippen LogP contribution is 2.67. The van der Waals surface area contributed by atoms with Gasteiger partial charge in [0.25, 0.3) is 0 Å². The maximum atomic E-state index is 6.14. The molecule has 3 saturated carbocycles. The van der Waals surface area contributed by atoms with E-state index in [9.17, 15) is 0 Å². The highest BCUT2D eigenvalue weighted by Gasteiger charge is 2.66. The first-order valence-electron chi connectivity index (χ1n) is 5.93. The molecule has 3 aliphatic rings. The highest BCUT2D eigenvalue weighted by molar-refractivity contribution is 5.46. The van der Waals surface area contributed by atoms with Crippen LogP contribution in [0.25, 0.3) is 0 Å². The second-order valence-corrected chi connectivity index (χ2v) is 5.91. The van der Waals surface area contributed by atoms with Crippen LogP contribution >= 0.6 is 0 Å². The molecule has 0 unspecified atom stereocenters. The minimum atomic E-state index is 0.212. The van der Waals surface area contributed by atoms with Crippen molar-refractivity contribution in [2.75, 3.05) is 0 Å². The Labute approximate surface area is 91.7 Å². The van der Waals surface area contributed by atoms with E-state index < -0.39 is 0 Å². The molecule has 1 heteroatoms. The van der Waals surface area contributed by atoms with E-state index in [0.717, 1.165) is 0 Å². The Morgan fingerprint density at radius 2 is 1.73 bits per heavy atom. The summed E-state index contributed by atoms with van der Waals surface area (Å²) in [5.41, 5.74) is 9.92. The molecule has 1 nitrogen and oxygen atoms in total. The lowest BCUT2D eigenvalue weighted by Gasteiger charge is -2.70. The summed E-state index contributed by atoms with van der Waals surface area (Å²) in [6.07, 6.45) is 3.64. The van der Waals surface area contributed by atoms with Gasteiger partial charge in [0.05, 0.1) is 0 Å². The predicted molar refractivity (Wildman–Crippen MR) is 63.0 cm³/mol. The SMILES string of the molecule is CC(C)c1ccccc1C12CC(N)(C1)C2. The average molecular weight is 201 g/mol. The van der Waals surface area contributed by atoms with E-state index in [2.05, 4.69) is 38.1 Å². The van der Waals surface area contributed by atoms with E-state index in [1.165, 1.54) is 24.8 Å². The molecule has 15 heavy (non-hydrogen) atoms. The van der Waals surface area contributed by atoms with Crippen molar-refractivity contribution in [3.05, 3.63) is 35.4 Å². The van der Waals surface area contributed by atoms with Crippen molar-refractivity contribution in [3.63, 3.8) is 0 Å². The van der Waals surface area contributed by atoms with Crippen LogP contribution in [0, 0.1) is 0 Å². The Morgan fingerprint density at radius 3 is 2.27 bits per heavy atom. The Balaban J connectivity index is 1.99. The van der Waals surface area contributed by atoms with Crippen molar-refractivity contribution in [1.82, 2.24) is 0 Å². The predicted octanol–water partition coefficient (Wildman–Crippen LogP) is 2.94. The van der Waals surface area contributed by atoms with E-state index in [0.29, 0.717) is 11.3 Å². The summed E-state index contributed by atoms with van der Waals surface area (Å²) in [7, 11) is 0. The van der Waals surface area contributed by atoms with Gasteiger partial charge >= 0.3 is 0 Å². The summed E-state index contributed by atoms with van der Waals surface area (Å²) in [5.74, 6) is 0.629. The van der Waals surface area contributed by atoms with Crippen LogP contribution in [0.4, 0.5) is 0 Å². The normalized spacial score (nSPS) is 37.3. The van der Waals surface area contributed by atoms with Gasteiger partial charge in [0.1, 0.15) is 0 Å². The third-order valence-corrected chi connectivity index (χ3v) is 4.23. The molecular weight excluding hydrogens is 182 g/mol. The standard InChI is InChI=1S/C14H19N/c1-10(2)11-5-3-4-6-12(11)13-7-14(15,8-13)9-13/h3-6,10H,7-9,15H2,1-2H3. The van der Waals surface area contributed by atoms with Crippen LogP contribution in [0.3, 0.4) is 0 Å². The van der Waals surface area contributed by atoms with Crippen LogP contribution in [-0.4, -0.2) is 5.54 Å². The van der Waals surface area contributed by atoms with Gasteiger partial charge in [0.15, 0.2) is 0 Å². The van der Waals surface area contributed by atoms with Crippen molar-refractivity contribution in [2.45, 2.75) is 50.0 Å². The first kappa shape index (κ1) is 9.41. The van der Waals surface area contributed by atoms with E-state index >= 15 is 0 Å². The van der Waals surface area contributed by atoms with Crippen molar-refractivity contribution in [2.24, 2.45) is 5.73 Å². The molecule has 80 valence electrons. The van der Waals surface area contributed by atoms with E-state index in [1.807, 2.05) is 0 Å². The fraction of sp³-hybridized carbons (Fsp3) is 0.571. The number of hydrogen-bond donors (Lipinski definition) is 1. The first-order chi connectivity index (χ1) is 7.05. The van der Waals surface area contributed by atoms with Gasteiger partial charge in [-0.3, -0.25) is 0 Å². The van der Waals surface area contributed by atoms with E-state index in [-0.39, 0.29) is 5.54 Å². The lowest BCUT2D eigenvalue weighted by atomic mass is 9.37. The average Bonchev–Trinajstić information content (AvgIpc) is 2.11. The van der Waals surface area contributed by atoms with Gasteiger partial charge in [0, 0.05) is 11.0 Å². The molecule has 3 fully saturated rings. The highest BCUT2D eigenvalue weighted by atomic mass is 14.9. The zero-order chi connectivity index (χ0) is 10.7. The van der Waals surface area contributed by atoms with Crippen LogP contribution in [0.1, 0.15) is 50.2 Å². The Kier molecular flexibility index (Phi) is 1.66. The number of nitrogens with two attached hydrogens (primary N) is 1. The quantitative estimate of drug-likeness (QED) is 0.782. The topological polar surface area (TPSA) is 26.0 Å². The second-order valence-electron chi connectivity index (χ2n) is 5.91. The van der Waals surface area contributed by atoms with Gasteiger partial charge in [-0.05, 0) is 36.3 Å². The molecule has 0 radical (unpaired) electrons. The first-order valence-corrected chi connectivity index (χ1v) is 5.93. The lowest BCUT2D eigenvalue weighted by molar-refractivity contribution is -0.0596. The lowest BCUT2D eigenvalue weighted by Crippen LogP contribution is -2.74. The van der Waals surface area contributed by atoms with Gasteiger partial charge in [-0.1, -0.05) is 38.1 Å². The molecule has 0 atom stereocenters. The van der Waals surface area contributed by atoms with Crippen molar-refractivity contribution in [3.8, 4) is 0 Å². The van der Waals surface area contributed by atoms with Crippen LogP contribution in [0.2, 0.25) is 0 Å². The maximum absolute atomic E-state index is 6.14. The third-order valence-electron chi connectivity index (χ3n) is 4.23. The summed E-state index contributed by atoms with van der Waals surface area (Å²) in [6, 6.07) is 8.92. The molecule has 2 N–H and O–H groups in total. The van der Waals surface area contributed by atoms with Gasteiger partial charge in [-0.15, -0.1) is 0 Å². The summed E-state index contributed by atoms with van der Waals surface area (Å²) < 4.78 is 0. The minimum absolute atomic E-state index is 0.212. The van der Waals surface area contributed by atoms with Crippen LogP contribution < -0.4 is 5.73 Å². The zero-order valence-corrected chi connectivity index (χ0v) is 9.59. The van der Waals surface area contributed by atoms with Gasteiger partial charge < -0.3 is 5.73 Å². The summed E-state index contributed by atoms with van der Waals surface area (Å²) >= 11 is 0. The van der Waals surface area contributed by atoms with Crippen molar-refractivity contribution >= 4 is 0 Å². The Bertz CT molecular complexity index is 386. The molecule has 1 aromatic carbocycles. The second kappa shape index (κ2) is 2.65. The van der Waals surface area contributed by atoms with Gasteiger partial charge in [0.2, 0.25) is 0 Å². The zero-order valence-electron chi connectivity index (χ0n) is 9.59. The molecule has 1 aromatic rings. The monoisotopic (exact) mass is 201 g/mol. The number of hydrogen-bond acceptors (Lipinski definition) is 1. The number of benzene rings is 1. The Morgan fingerprint density at radius 1 is 1.13 bits per heavy atom. The van der Waals surface area contributed by atoms with Gasteiger partial charge in [-0.25, -0.2) is 0 Å². The molecule has 3 aliphatic carbocycles.